The zero-order valence-electron chi connectivity index (χ0n) is 9.15. The molecule has 0 heterocycles. The van der Waals surface area contributed by atoms with E-state index in [-0.39, 0.29) is 39.6 Å². The van der Waals surface area contributed by atoms with Gasteiger partial charge in [0.15, 0.2) is 0 Å². The maximum atomic E-state index is 2.38. The van der Waals surface area contributed by atoms with E-state index in [0.717, 1.165) is 0 Å². The minimum Gasteiger partial charge on any atom is -0.358 e. The first-order valence-electron chi connectivity index (χ1n) is 3.07. The Balaban J connectivity index is -0.0000000300. The molecule has 68 valence electrons. The van der Waals surface area contributed by atoms with Crippen LogP contribution in [0.3, 0.4) is 0 Å². The topological polar surface area (TPSA) is 3.24 Å². The number of hydrogen-bond acceptors (Lipinski definition) is 1. The first-order valence-corrected chi connectivity index (χ1v) is 3.07. The first-order chi connectivity index (χ1) is 3.35. The van der Waals surface area contributed by atoms with Gasteiger partial charge in [-0.25, -0.2) is 0 Å². The van der Waals surface area contributed by atoms with E-state index in [4.69, 9.17) is 0 Å². The van der Waals surface area contributed by atoms with Crippen LogP contribution in [0.2, 0.25) is 0 Å². The van der Waals surface area contributed by atoms with Crippen molar-refractivity contribution in [1.82, 2.24) is 4.90 Å². The molecule has 0 saturated heterocycles. The van der Waals surface area contributed by atoms with Gasteiger partial charge in [0.05, 0.1) is 0 Å². The fraction of sp³-hybridized carbons (Fsp3) is 0.667. The summed E-state index contributed by atoms with van der Waals surface area (Å²) in [4.78, 5) is 2.38. The van der Waals surface area contributed by atoms with E-state index < -0.39 is 0 Å². The summed E-state index contributed by atoms with van der Waals surface area (Å²) in [6.07, 6.45) is 0. The fourth-order valence-corrected chi connectivity index (χ4v) is 0.671. The molecule has 11 heavy (non-hydrogen) atoms. The van der Waals surface area contributed by atoms with Crippen LogP contribution >= 0.6 is 0 Å². The third-order valence-electron chi connectivity index (χ3n) is 1.34. The summed E-state index contributed by atoms with van der Waals surface area (Å²) in [5.41, 5.74) is 0. The molecule has 0 aliphatic heterocycles. The van der Waals surface area contributed by atoms with E-state index >= 15 is 0 Å². The van der Waals surface area contributed by atoms with Crippen molar-refractivity contribution in [3.05, 3.63) is 22.3 Å². The summed E-state index contributed by atoms with van der Waals surface area (Å²) in [6, 6.07) is 0. The molecule has 0 fully saturated rings. The standard InChI is InChI=1S/C6H15N.3CH3.Al/c1-4-7(5-2)6-3;;;;/h4-6H2,1-3H3;3*1H3;/q;3*-1;+3. The van der Waals surface area contributed by atoms with Crippen LogP contribution in [-0.2, 0) is 0 Å². The van der Waals surface area contributed by atoms with Crippen LogP contribution in [0.15, 0.2) is 0 Å². The average Bonchev–Trinajstić information content (AvgIpc) is 1.72. The van der Waals surface area contributed by atoms with Gasteiger partial charge in [0, 0.05) is 0 Å². The second kappa shape index (κ2) is 22.4. The molecular formula is C9H24AlN. The Morgan fingerprint density at radius 2 is 0.909 bits per heavy atom. The molecule has 1 nitrogen and oxygen atoms in total. The first kappa shape index (κ1) is 30.0. The summed E-state index contributed by atoms with van der Waals surface area (Å²) < 4.78 is 0. The molecule has 0 bridgehead atoms. The van der Waals surface area contributed by atoms with Crippen molar-refractivity contribution in [2.75, 3.05) is 19.6 Å². The Bertz CT molecular complexity index is 31.0. The zero-order chi connectivity index (χ0) is 5.70. The summed E-state index contributed by atoms with van der Waals surface area (Å²) in [5.74, 6) is 0. The molecule has 0 spiro atoms. The van der Waals surface area contributed by atoms with Gasteiger partial charge in [-0.2, -0.15) is 0 Å². The molecule has 0 N–H and O–H groups in total. The SMILES string of the molecule is CCN(CC)CC.[Al+3].[CH3-].[CH3-].[CH3-]. The molecule has 0 aromatic heterocycles. The van der Waals surface area contributed by atoms with Crippen LogP contribution in [0.5, 0.6) is 0 Å². The second-order valence-corrected chi connectivity index (χ2v) is 1.62. The Morgan fingerprint density at radius 3 is 0.909 bits per heavy atom. The second-order valence-electron chi connectivity index (χ2n) is 1.62. The van der Waals surface area contributed by atoms with E-state index in [2.05, 4.69) is 25.7 Å². The molecular weight excluding hydrogens is 149 g/mol. The van der Waals surface area contributed by atoms with Gasteiger partial charge < -0.3 is 27.2 Å². The Labute approximate surface area is 85.3 Å². The van der Waals surface area contributed by atoms with E-state index in [1.54, 1.807) is 0 Å². The molecule has 2 heteroatoms. The average molecular weight is 173 g/mol. The third-order valence-corrected chi connectivity index (χ3v) is 1.34. The van der Waals surface area contributed by atoms with Crippen molar-refractivity contribution >= 4 is 17.4 Å². The maximum absolute atomic E-state index is 2.38. The molecule has 0 saturated carbocycles. The van der Waals surface area contributed by atoms with Crippen molar-refractivity contribution < 1.29 is 0 Å². The molecule has 0 aliphatic carbocycles. The number of rotatable bonds is 3. The zero-order valence-corrected chi connectivity index (χ0v) is 10.3. The van der Waals surface area contributed by atoms with Crippen LogP contribution in [0.1, 0.15) is 20.8 Å². The van der Waals surface area contributed by atoms with Crippen LogP contribution in [0.25, 0.3) is 0 Å². The molecule has 0 aromatic carbocycles. The Hall–Kier alpha value is 0.492. The van der Waals surface area contributed by atoms with Crippen LogP contribution in [-0.4, -0.2) is 41.9 Å². The summed E-state index contributed by atoms with van der Waals surface area (Å²) in [7, 11) is 0. The van der Waals surface area contributed by atoms with Gasteiger partial charge in [-0.3, -0.25) is 0 Å². The van der Waals surface area contributed by atoms with Gasteiger partial charge in [-0.05, 0) is 19.6 Å². The van der Waals surface area contributed by atoms with Gasteiger partial charge in [0.1, 0.15) is 0 Å². The molecule has 0 aliphatic rings. The van der Waals surface area contributed by atoms with Crippen molar-refractivity contribution in [2.24, 2.45) is 0 Å². The quantitative estimate of drug-likeness (QED) is 0.467. The van der Waals surface area contributed by atoms with Crippen molar-refractivity contribution in [2.45, 2.75) is 20.8 Å². The Kier molecular flexibility index (Phi) is 61.2. The van der Waals surface area contributed by atoms with E-state index in [0.29, 0.717) is 0 Å². The third kappa shape index (κ3) is 18.0. The van der Waals surface area contributed by atoms with Crippen LogP contribution in [0.4, 0.5) is 0 Å². The predicted octanol–water partition coefficient (Wildman–Crippen LogP) is 2.32. The van der Waals surface area contributed by atoms with E-state index in [1.165, 1.54) is 19.6 Å². The van der Waals surface area contributed by atoms with Crippen LogP contribution in [0, 0.1) is 22.3 Å². The fourth-order valence-electron chi connectivity index (χ4n) is 0.671. The minimum absolute atomic E-state index is 0. The Morgan fingerprint density at radius 1 is 0.727 bits per heavy atom. The minimum atomic E-state index is 0. The predicted molar refractivity (Wildman–Crippen MR) is 58.5 cm³/mol. The largest absolute Gasteiger partial charge is 3.00 e. The van der Waals surface area contributed by atoms with Gasteiger partial charge in [-0.15, -0.1) is 0 Å². The van der Waals surface area contributed by atoms with Crippen molar-refractivity contribution in [3.8, 4) is 0 Å². The molecule has 0 aromatic rings. The van der Waals surface area contributed by atoms with Crippen molar-refractivity contribution in [1.29, 1.82) is 0 Å². The maximum Gasteiger partial charge on any atom is 3.00 e. The van der Waals surface area contributed by atoms with Gasteiger partial charge in [0.25, 0.3) is 0 Å². The molecule has 0 unspecified atom stereocenters. The number of hydrogen-bond donors (Lipinski definition) is 0. The van der Waals surface area contributed by atoms with E-state index in [1.807, 2.05) is 0 Å². The van der Waals surface area contributed by atoms with Crippen molar-refractivity contribution in [3.63, 3.8) is 0 Å². The summed E-state index contributed by atoms with van der Waals surface area (Å²) in [6.45, 7) is 10.1. The van der Waals surface area contributed by atoms with E-state index in [9.17, 15) is 0 Å². The van der Waals surface area contributed by atoms with Gasteiger partial charge in [-0.1, -0.05) is 20.8 Å². The number of nitrogens with zero attached hydrogens (tertiary/aromatic N) is 1. The van der Waals surface area contributed by atoms with Gasteiger partial charge >= 0.3 is 17.4 Å². The molecule has 0 rings (SSSR count). The summed E-state index contributed by atoms with van der Waals surface area (Å²) in [5, 5.41) is 0. The van der Waals surface area contributed by atoms with Gasteiger partial charge in [0.2, 0.25) is 0 Å². The molecule has 0 atom stereocenters. The molecule has 0 amide bonds. The summed E-state index contributed by atoms with van der Waals surface area (Å²) >= 11 is 0. The molecule has 0 radical (unpaired) electrons. The van der Waals surface area contributed by atoms with Crippen LogP contribution < -0.4 is 0 Å². The smallest absolute Gasteiger partial charge is 0.358 e. The monoisotopic (exact) mass is 173 g/mol. The normalized spacial score (nSPS) is 6.55.